The van der Waals surface area contributed by atoms with E-state index in [1.54, 1.807) is 0 Å². The van der Waals surface area contributed by atoms with Gasteiger partial charge in [0.25, 0.3) is 0 Å². The first-order valence-corrected chi connectivity index (χ1v) is 6.71. The predicted octanol–water partition coefficient (Wildman–Crippen LogP) is 1.85. The topological polar surface area (TPSA) is 41.0 Å². The van der Waals surface area contributed by atoms with Gasteiger partial charge in [-0.1, -0.05) is 11.6 Å². The average Bonchev–Trinajstić information content (AvgIpc) is 3.00. The predicted molar refractivity (Wildman–Crippen MR) is 68.4 cm³/mol. The zero-order valence-electron chi connectivity index (χ0n) is 9.77. The summed E-state index contributed by atoms with van der Waals surface area (Å²) in [5.41, 5.74) is 0. The lowest BCUT2D eigenvalue weighted by Gasteiger charge is -2.30. The molecule has 3 heterocycles. The Balaban J connectivity index is 1.78. The van der Waals surface area contributed by atoms with Gasteiger partial charge in [-0.2, -0.15) is 0 Å². The summed E-state index contributed by atoms with van der Waals surface area (Å²) in [6, 6.07) is 4.99. The summed E-state index contributed by atoms with van der Waals surface area (Å²) in [6.07, 6.45) is 5.07. The van der Waals surface area contributed by atoms with Crippen molar-refractivity contribution in [3.8, 4) is 0 Å². The maximum absolute atomic E-state index is 5.78. The molecule has 2 atom stereocenters. The SMILES string of the molecule is Clc1ccc(N2CCCC2C2CCCN2)nn1. The number of nitrogens with one attached hydrogen (secondary N) is 1. The molecule has 2 aliphatic rings. The van der Waals surface area contributed by atoms with Crippen molar-refractivity contribution < 1.29 is 0 Å². The molecule has 92 valence electrons. The second-order valence-corrected chi connectivity index (χ2v) is 5.21. The zero-order valence-corrected chi connectivity index (χ0v) is 10.5. The minimum atomic E-state index is 0.462. The zero-order chi connectivity index (χ0) is 11.7. The molecule has 2 saturated heterocycles. The molecule has 4 nitrogen and oxygen atoms in total. The van der Waals surface area contributed by atoms with Gasteiger partial charge in [0.1, 0.15) is 0 Å². The fraction of sp³-hybridized carbons (Fsp3) is 0.667. The lowest BCUT2D eigenvalue weighted by molar-refractivity contribution is 0.480. The van der Waals surface area contributed by atoms with Gasteiger partial charge < -0.3 is 10.2 Å². The van der Waals surface area contributed by atoms with Crippen LogP contribution in [-0.4, -0.2) is 35.4 Å². The van der Waals surface area contributed by atoms with Gasteiger partial charge in [0, 0.05) is 18.6 Å². The normalized spacial score (nSPS) is 28.9. The van der Waals surface area contributed by atoms with Crippen molar-refractivity contribution in [3.05, 3.63) is 17.3 Å². The first kappa shape index (κ1) is 11.2. The molecule has 0 bridgehead atoms. The van der Waals surface area contributed by atoms with Crippen LogP contribution in [0.15, 0.2) is 12.1 Å². The van der Waals surface area contributed by atoms with E-state index in [2.05, 4.69) is 20.4 Å². The Labute approximate surface area is 106 Å². The van der Waals surface area contributed by atoms with E-state index in [4.69, 9.17) is 11.6 Å². The summed E-state index contributed by atoms with van der Waals surface area (Å²) in [7, 11) is 0. The van der Waals surface area contributed by atoms with Crippen LogP contribution in [0.4, 0.5) is 5.82 Å². The van der Waals surface area contributed by atoms with Gasteiger partial charge in [-0.05, 0) is 44.4 Å². The van der Waals surface area contributed by atoms with Crippen LogP contribution in [0.2, 0.25) is 5.15 Å². The lowest BCUT2D eigenvalue weighted by Crippen LogP contribution is -2.44. The van der Waals surface area contributed by atoms with Crippen molar-refractivity contribution in [3.63, 3.8) is 0 Å². The van der Waals surface area contributed by atoms with Gasteiger partial charge in [-0.3, -0.25) is 0 Å². The summed E-state index contributed by atoms with van der Waals surface area (Å²) >= 11 is 5.78. The Kier molecular flexibility index (Phi) is 3.16. The van der Waals surface area contributed by atoms with E-state index in [1.165, 1.54) is 25.7 Å². The second kappa shape index (κ2) is 4.78. The highest BCUT2D eigenvalue weighted by molar-refractivity contribution is 6.29. The molecule has 1 aromatic heterocycles. The number of nitrogens with zero attached hydrogens (tertiary/aromatic N) is 3. The number of hydrogen-bond donors (Lipinski definition) is 1. The lowest BCUT2D eigenvalue weighted by atomic mass is 10.0. The van der Waals surface area contributed by atoms with Crippen LogP contribution in [-0.2, 0) is 0 Å². The van der Waals surface area contributed by atoms with Crippen LogP contribution < -0.4 is 10.2 Å². The monoisotopic (exact) mass is 252 g/mol. The minimum Gasteiger partial charge on any atom is -0.351 e. The maximum Gasteiger partial charge on any atom is 0.151 e. The van der Waals surface area contributed by atoms with Gasteiger partial charge in [0.2, 0.25) is 0 Å². The number of hydrogen-bond acceptors (Lipinski definition) is 4. The fourth-order valence-electron chi connectivity index (χ4n) is 3.00. The van der Waals surface area contributed by atoms with Crippen molar-refractivity contribution in [2.45, 2.75) is 37.8 Å². The summed E-state index contributed by atoms with van der Waals surface area (Å²) in [4.78, 5) is 2.38. The van der Waals surface area contributed by atoms with Crippen LogP contribution in [0, 0.1) is 0 Å². The summed E-state index contributed by atoms with van der Waals surface area (Å²) < 4.78 is 0. The first-order chi connectivity index (χ1) is 8.34. The van der Waals surface area contributed by atoms with Crippen molar-refractivity contribution in [1.82, 2.24) is 15.5 Å². The largest absolute Gasteiger partial charge is 0.351 e. The van der Waals surface area contributed by atoms with E-state index in [0.717, 1.165) is 18.9 Å². The quantitative estimate of drug-likeness (QED) is 0.872. The number of aromatic nitrogens is 2. The van der Waals surface area contributed by atoms with Gasteiger partial charge >= 0.3 is 0 Å². The van der Waals surface area contributed by atoms with Crippen molar-refractivity contribution in [2.24, 2.45) is 0 Å². The van der Waals surface area contributed by atoms with Crippen LogP contribution in [0.5, 0.6) is 0 Å². The van der Waals surface area contributed by atoms with Crippen LogP contribution in [0.3, 0.4) is 0 Å². The Hall–Kier alpha value is -0.870. The Morgan fingerprint density at radius 1 is 1.24 bits per heavy atom. The summed E-state index contributed by atoms with van der Waals surface area (Å²) in [6.45, 7) is 2.24. The molecule has 0 amide bonds. The molecule has 0 aliphatic carbocycles. The molecule has 5 heteroatoms. The van der Waals surface area contributed by atoms with Crippen LogP contribution in [0.25, 0.3) is 0 Å². The molecule has 2 fully saturated rings. The highest BCUT2D eigenvalue weighted by Crippen LogP contribution is 2.28. The molecular formula is C12H17ClN4. The molecule has 0 spiro atoms. The third-order valence-corrected chi connectivity index (χ3v) is 3.98. The third kappa shape index (κ3) is 2.24. The van der Waals surface area contributed by atoms with Crippen molar-refractivity contribution in [1.29, 1.82) is 0 Å². The Bertz CT molecular complexity index is 375. The molecule has 17 heavy (non-hydrogen) atoms. The fourth-order valence-corrected chi connectivity index (χ4v) is 3.10. The molecule has 0 radical (unpaired) electrons. The molecule has 1 N–H and O–H groups in total. The molecule has 1 aromatic rings. The number of halogens is 1. The Morgan fingerprint density at radius 2 is 2.18 bits per heavy atom. The molecule has 0 aromatic carbocycles. The van der Waals surface area contributed by atoms with Gasteiger partial charge in [-0.25, -0.2) is 0 Å². The third-order valence-electron chi connectivity index (χ3n) is 3.77. The molecule has 2 aliphatic heterocycles. The second-order valence-electron chi connectivity index (χ2n) is 4.82. The van der Waals surface area contributed by atoms with Crippen molar-refractivity contribution in [2.75, 3.05) is 18.0 Å². The summed E-state index contributed by atoms with van der Waals surface area (Å²) in [5, 5.41) is 12.2. The van der Waals surface area contributed by atoms with Crippen molar-refractivity contribution >= 4 is 17.4 Å². The molecule has 0 saturated carbocycles. The Morgan fingerprint density at radius 3 is 2.88 bits per heavy atom. The van der Waals surface area contributed by atoms with E-state index in [0.29, 0.717) is 17.2 Å². The first-order valence-electron chi connectivity index (χ1n) is 6.34. The molecule has 2 unspecified atom stereocenters. The van der Waals surface area contributed by atoms with Gasteiger partial charge in [-0.15, -0.1) is 10.2 Å². The van der Waals surface area contributed by atoms with Crippen LogP contribution in [0.1, 0.15) is 25.7 Å². The molecule has 3 rings (SSSR count). The van der Waals surface area contributed by atoms with E-state index >= 15 is 0 Å². The number of anilines is 1. The van der Waals surface area contributed by atoms with Crippen LogP contribution >= 0.6 is 11.6 Å². The van der Waals surface area contributed by atoms with E-state index in [-0.39, 0.29) is 0 Å². The van der Waals surface area contributed by atoms with E-state index < -0.39 is 0 Å². The number of rotatable bonds is 2. The maximum atomic E-state index is 5.78. The minimum absolute atomic E-state index is 0.462. The smallest absolute Gasteiger partial charge is 0.151 e. The average molecular weight is 253 g/mol. The molecular weight excluding hydrogens is 236 g/mol. The summed E-state index contributed by atoms with van der Waals surface area (Å²) in [5.74, 6) is 0.964. The van der Waals surface area contributed by atoms with Gasteiger partial charge in [0.05, 0.1) is 0 Å². The van der Waals surface area contributed by atoms with Gasteiger partial charge in [0.15, 0.2) is 11.0 Å². The van der Waals surface area contributed by atoms with E-state index in [1.807, 2.05) is 12.1 Å². The highest BCUT2D eigenvalue weighted by atomic mass is 35.5. The standard InChI is InChI=1S/C12H17ClN4/c13-11-5-6-12(16-15-11)17-8-2-4-10(17)9-3-1-7-14-9/h5-6,9-10,14H,1-4,7-8H2. The highest BCUT2D eigenvalue weighted by Gasteiger charge is 2.33. The van der Waals surface area contributed by atoms with E-state index in [9.17, 15) is 0 Å².